The maximum atomic E-state index is 11.1. The fraction of sp³-hybridized carbons (Fsp3) is 0.231. The number of benzene rings is 1. The van der Waals surface area contributed by atoms with Gasteiger partial charge in [0.2, 0.25) is 0 Å². The summed E-state index contributed by atoms with van der Waals surface area (Å²) in [5, 5.41) is 23.8. The molecule has 8 nitrogen and oxygen atoms in total. The number of anilines is 1. The van der Waals surface area contributed by atoms with Crippen molar-refractivity contribution < 1.29 is 19.6 Å². The Bertz CT molecular complexity index is 689. The van der Waals surface area contributed by atoms with Crippen molar-refractivity contribution in [1.29, 1.82) is 0 Å². The summed E-state index contributed by atoms with van der Waals surface area (Å²) in [7, 11) is 1.40. The van der Waals surface area contributed by atoms with E-state index in [0.29, 0.717) is 16.5 Å². The van der Waals surface area contributed by atoms with Crippen LogP contribution in [0.1, 0.15) is 0 Å². The van der Waals surface area contributed by atoms with Gasteiger partial charge >= 0.3 is 5.97 Å². The third kappa shape index (κ3) is 3.06. The third-order valence-electron chi connectivity index (χ3n) is 2.95. The monoisotopic (exact) mass is 291 g/mol. The van der Waals surface area contributed by atoms with Gasteiger partial charge in [0, 0.05) is 36.6 Å². The second kappa shape index (κ2) is 6.14. The number of ether oxygens (including phenoxy) is 1. The summed E-state index contributed by atoms with van der Waals surface area (Å²) in [6, 6.07) is 3.44. The number of hydrogen-bond donors (Lipinski definition) is 2. The molecule has 1 unspecified atom stereocenters. The Hall–Kier alpha value is -2.74. The van der Waals surface area contributed by atoms with Gasteiger partial charge in [-0.05, 0) is 12.1 Å². The van der Waals surface area contributed by atoms with Gasteiger partial charge < -0.3 is 15.2 Å². The van der Waals surface area contributed by atoms with E-state index in [0.717, 1.165) is 0 Å². The molecule has 1 aromatic carbocycles. The van der Waals surface area contributed by atoms with E-state index in [9.17, 15) is 14.9 Å². The van der Waals surface area contributed by atoms with E-state index in [1.54, 1.807) is 6.07 Å². The standard InChI is InChI=1S/C13H13N3O5/c1-21-7-11(13(17)18)15-10-2-3-12(16(19)20)9-6-14-5-4-8(9)10/h2-6,11,15H,7H2,1H3,(H,17,18). The maximum absolute atomic E-state index is 11.1. The van der Waals surface area contributed by atoms with Gasteiger partial charge in [0.25, 0.3) is 5.69 Å². The summed E-state index contributed by atoms with van der Waals surface area (Å²) in [6.07, 6.45) is 2.87. The lowest BCUT2D eigenvalue weighted by Crippen LogP contribution is -2.33. The minimum atomic E-state index is -1.07. The molecule has 2 aromatic rings. The third-order valence-corrected chi connectivity index (χ3v) is 2.95. The number of rotatable bonds is 6. The largest absolute Gasteiger partial charge is 0.480 e. The molecule has 110 valence electrons. The highest BCUT2D eigenvalue weighted by Gasteiger charge is 2.20. The average Bonchev–Trinajstić information content (AvgIpc) is 2.46. The molecule has 0 saturated heterocycles. The molecule has 21 heavy (non-hydrogen) atoms. The molecule has 1 atom stereocenters. The Labute approximate surface area is 119 Å². The van der Waals surface area contributed by atoms with Gasteiger partial charge in [-0.1, -0.05) is 0 Å². The Morgan fingerprint density at radius 3 is 2.86 bits per heavy atom. The van der Waals surface area contributed by atoms with Gasteiger partial charge in [-0.25, -0.2) is 4.79 Å². The molecule has 2 N–H and O–H groups in total. The highest BCUT2D eigenvalue weighted by atomic mass is 16.6. The number of nitrogens with one attached hydrogen (secondary N) is 1. The Kier molecular flexibility index (Phi) is 4.29. The van der Waals surface area contributed by atoms with E-state index in [1.165, 1.54) is 31.6 Å². The van der Waals surface area contributed by atoms with Gasteiger partial charge in [0.15, 0.2) is 0 Å². The van der Waals surface area contributed by atoms with Crippen LogP contribution in [0.5, 0.6) is 0 Å². The predicted molar refractivity (Wildman–Crippen MR) is 75.3 cm³/mol. The van der Waals surface area contributed by atoms with Crippen molar-refractivity contribution in [3.05, 3.63) is 40.7 Å². The van der Waals surface area contributed by atoms with Crippen LogP contribution in [0.3, 0.4) is 0 Å². The number of carbonyl (C=O) groups is 1. The van der Waals surface area contributed by atoms with Gasteiger partial charge in [0.05, 0.1) is 16.9 Å². The first-order valence-electron chi connectivity index (χ1n) is 6.04. The van der Waals surface area contributed by atoms with Crippen molar-refractivity contribution in [2.45, 2.75) is 6.04 Å². The molecule has 0 fully saturated rings. The van der Waals surface area contributed by atoms with Crippen molar-refractivity contribution in [1.82, 2.24) is 4.98 Å². The van der Waals surface area contributed by atoms with Crippen LogP contribution in [0.25, 0.3) is 10.8 Å². The van der Waals surface area contributed by atoms with Crippen LogP contribution in [-0.2, 0) is 9.53 Å². The Morgan fingerprint density at radius 1 is 1.48 bits per heavy atom. The van der Waals surface area contributed by atoms with Crippen LogP contribution in [0.2, 0.25) is 0 Å². The number of aliphatic carboxylic acids is 1. The minimum Gasteiger partial charge on any atom is -0.480 e. The number of nitrogens with zero attached hydrogens (tertiary/aromatic N) is 2. The zero-order valence-electron chi connectivity index (χ0n) is 11.1. The average molecular weight is 291 g/mol. The summed E-state index contributed by atoms with van der Waals surface area (Å²) >= 11 is 0. The molecule has 0 saturated carbocycles. The van der Waals surface area contributed by atoms with E-state index in [1.807, 2.05) is 0 Å². The lowest BCUT2D eigenvalue weighted by atomic mass is 10.1. The fourth-order valence-electron chi connectivity index (χ4n) is 1.99. The van der Waals surface area contributed by atoms with Crippen LogP contribution in [0, 0.1) is 10.1 Å². The van der Waals surface area contributed by atoms with Crippen LogP contribution in [0.15, 0.2) is 30.6 Å². The number of pyridine rings is 1. The summed E-state index contributed by atoms with van der Waals surface area (Å²) in [5.41, 5.74) is 0.393. The first-order valence-corrected chi connectivity index (χ1v) is 6.04. The molecular weight excluding hydrogens is 278 g/mol. The molecule has 8 heteroatoms. The van der Waals surface area contributed by atoms with Crippen LogP contribution in [0.4, 0.5) is 11.4 Å². The number of nitro benzene ring substituents is 1. The van der Waals surface area contributed by atoms with E-state index < -0.39 is 16.9 Å². The summed E-state index contributed by atoms with van der Waals surface area (Å²) in [5.74, 6) is -1.07. The van der Waals surface area contributed by atoms with Gasteiger partial charge in [-0.3, -0.25) is 15.1 Å². The van der Waals surface area contributed by atoms with E-state index in [-0.39, 0.29) is 12.3 Å². The Morgan fingerprint density at radius 2 is 2.24 bits per heavy atom. The van der Waals surface area contributed by atoms with Crippen LogP contribution < -0.4 is 5.32 Å². The molecule has 0 amide bonds. The number of nitro groups is 1. The topological polar surface area (TPSA) is 115 Å². The van der Waals surface area contributed by atoms with E-state index in [2.05, 4.69) is 10.3 Å². The molecule has 0 aliphatic carbocycles. The molecule has 0 spiro atoms. The molecule has 0 aliphatic rings. The number of carboxylic acid groups (broad SMARTS) is 1. The number of hydrogen-bond acceptors (Lipinski definition) is 6. The molecule has 2 rings (SSSR count). The van der Waals surface area contributed by atoms with Crippen molar-refractivity contribution in [3.8, 4) is 0 Å². The smallest absolute Gasteiger partial charge is 0.328 e. The van der Waals surface area contributed by atoms with Gasteiger partial charge in [-0.2, -0.15) is 0 Å². The van der Waals surface area contributed by atoms with Gasteiger partial charge in [-0.15, -0.1) is 0 Å². The zero-order chi connectivity index (χ0) is 15.4. The van der Waals surface area contributed by atoms with Crippen LogP contribution in [-0.4, -0.2) is 40.7 Å². The number of aromatic nitrogens is 1. The van der Waals surface area contributed by atoms with Crippen LogP contribution >= 0.6 is 0 Å². The predicted octanol–water partition coefficient (Wildman–Crippen LogP) is 1.65. The highest BCUT2D eigenvalue weighted by molar-refractivity contribution is 6.00. The normalized spacial score (nSPS) is 12.0. The van der Waals surface area contributed by atoms with Gasteiger partial charge in [0.1, 0.15) is 6.04 Å². The Balaban J connectivity index is 2.48. The molecule has 0 aliphatic heterocycles. The van der Waals surface area contributed by atoms with E-state index in [4.69, 9.17) is 9.84 Å². The molecule has 1 aromatic heterocycles. The number of methoxy groups -OCH3 is 1. The molecule has 1 heterocycles. The fourth-order valence-corrected chi connectivity index (χ4v) is 1.99. The van der Waals surface area contributed by atoms with Crippen molar-refractivity contribution >= 4 is 28.1 Å². The lowest BCUT2D eigenvalue weighted by Gasteiger charge is -2.16. The minimum absolute atomic E-state index is 0.0289. The summed E-state index contributed by atoms with van der Waals surface area (Å²) < 4.78 is 4.85. The van der Waals surface area contributed by atoms with Crippen molar-refractivity contribution in [3.63, 3.8) is 0 Å². The number of fused-ring (bicyclic) bond motifs is 1. The maximum Gasteiger partial charge on any atom is 0.328 e. The SMILES string of the molecule is COCC(Nc1ccc([N+](=O)[O-])c2cnccc12)C(=O)O. The number of carboxylic acids is 1. The first kappa shape index (κ1) is 14.7. The van der Waals surface area contributed by atoms with Crippen molar-refractivity contribution in [2.24, 2.45) is 0 Å². The van der Waals surface area contributed by atoms with E-state index >= 15 is 0 Å². The summed E-state index contributed by atoms with van der Waals surface area (Å²) in [6.45, 7) is -0.0289. The molecule has 0 radical (unpaired) electrons. The molecule has 0 bridgehead atoms. The quantitative estimate of drug-likeness (QED) is 0.614. The molecular formula is C13H13N3O5. The zero-order valence-corrected chi connectivity index (χ0v) is 11.1. The van der Waals surface area contributed by atoms with Crippen molar-refractivity contribution in [2.75, 3.05) is 19.0 Å². The summed E-state index contributed by atoms with van der Waals surface area (Å²) in [4.78, 5) is 25.5. The second-order valence-corrected chi connectivity index (χ2v) is 4.30. The second-order valence-electron chi connectivity index (χ2n) is 4.30. The highest BCUT2D eigenvalue weighted by Crippen LogP contribution is 2.31. The first-order chi connectivity index (χ1) is 10.0. The lowest BCUT2D eigenvalue weighted by molar-refractivity contribution is -0.383. The number of non-ortho nitro benzene ring substituents is 1.